The summed E-state index contributed by atoms with van der Waals surface area (Å²) >= 11 is 0. The van der Waals surface area contributed by atoms with E-state index in [0.717, 1.165) is 0 Å². The summed E-state index contributed by atoms with van der Waals surface area (Å²) in [5.74, 6) is -1.11. The summed E-state index contributed by atoms with van der Waals surface area (Å²) in [6.07, 6.45) is -4.12. The molecular formula is C24H19N5O7. The molecule has 6 heterocycles. The second-order valence-corrected chi connectivity index (χ2v) is 9.00. The van der Waals surface area contributed by atoms with Crippen LogP contribution in [0.4, 0.5) is 0 Å². The molecule has 182 valence electrons. The SMILES string of the molecule is O=C1NC(=O)c2c1c1c3cccnc3[nH]c1c1c2c2cccnc2n1C1OC(CO)C(O)C(O)C1O. The maximum atomic E-state index is 13.1. The molecule has 0 bridgehead atoms. The van der Waals surface area contributed by atoms with Crippen LogP contribution in [0.25, 0.3) is 43.9 Å². The number of fused-ring (bicyclic) bond motifs is 10. The van der Waals surface area contributed by atoms with Crippen LogP contribution < -0.4 is 5.32 Å². The van der Waals surface area contributed by atoms with Crippen LogP contribution in [0, 0.1) is 0 Å². The van der Waals surface area contributed by atoms with Crippen LogP contribution in [0.15, 0.2) is 36.7 Å². The topological polar surface area (TPSA) is 183 Å². The Labute approximate surface area is 200 Å². The lowest BCUT2D eigenvalue weighted by Crippen LogP contribution is -2.56. The Morgan fingerprint density at radius 2 is 1.61 bits per heavy atom. The summed E-state index contributed by atoms with van der Waals surface area (Å²) in [6, 6.07) is 6.91. The van der Waals surface area contributed by atoms with Gasteiger partial charge in [0.25, 0.3) is 11.8 Å². The number of carbonyl (C=O) groups excluding carboxylic acids is 2. The van der Waals surface area contributed by atoms with Gasteiger partial charge in [-0.1, -0.05) is 0 Å². The van der Waals surface area contributed by atoms with Crippen molar-refractivity contribution in [2.75, 3.05) is 6.61 Å². The van der Waals surface area contributed by atoms with Gasteiger partial charge < -0.3 is 30.1 Å². The van der Waals surface area contributed by atoms with Gasteiger partial charge in [0.1, 0.15) is 35.7 Å². The van der Waals surface area contributed by atoms with E-state index in [1.165, 1.54) is 10.8 Å². The molecule has 4 aromatic heterocycles. The number of H-pyrrole nitrogens is 1. The molecule has 2 amide bonds. The first-order valence-corrected chi connectivity index (χ1v) is 11.3. The van der Waals surface area contributed by atoms with E-state index in [2.05, 4.69) is 20.3 Å². The van der Waals surface area contributed by atoms with Crippen molar-refractivity contribution in [3.05, 3.63) is 47.8 Å². The van der Waals surface area contributed by atoms with Crippen LogP contribution >= 0.6 is 0 Å². The minimum Gasteiger partial charge on any atom is -0.394 e. The van der Waals surface area contributed by atoms with Crippen molar-refractivity contribution in [1.82, 2.24) is 24.8 Å². The zero-order chi connectivity index (χ0) is 24.9. The van der Waals surface area contributed by atoms with E-state index in [4.69, 9.17) is 4.74 Å². The quantitative estimate of drug-likeness (QED) is 0.187. The lowest BCUT2D eigenvalue weighted by Gasteiger charge is -2.40. The highest BCUT2D eigenvalue weighted by molar-refractivity contribution is 6.39. The Morgan fingerprint density at radius 3 is 2.36 bits per heavy atom. The molecule has 1 fully saturated rings. The number of nitrogens with zero attached hydrogens (tertiary/aromatic N) is 3. The maximum absolute atomic E-state index is 13.1. The van der Waals surface area contributed by atoms with Gasteiger partial charge in [-0.25, -0.2) is 9.97 Å². The van der Waals surface area contributed by atoms with Crippen molar-refractivity contribution >= 4 is 55.7 Å². The maximum Gasteiger partial charge on any atom is 0.259 e. The zero-order valence-electron chi connectivity index (χ0n) is 18.4. The first-order chi connectivity index (χ1) is 17.4. The lowest BCUT2D eigenvalue weighted by molar-refractivity contribution is -0.249. The summed E-state index contributed by atoms with van der Waals surface area (Å²) < 4.78 is 7.43. The zero-order valence-corrected chi connectivity index (χ0v) is 18.4. The molecule has 2 aliphatic heterocycles. The van der Waals surface area contributed by atoms with Gasteiger partial charge in [-0.05, 0) is 24.3 Å². The van der Waals surface area contributed by atoms with Crippen LogP contribution in [0.3, 0.4) is 0 Å². The monoisotopic (exact) mass is 489 g/mol. The highest BCUT2D eigenvalue weighted by atomic mass is 16.6. The number of imide groups is 1. The first kappa shape index (κ1) is 21.4. The van der Waals surface area contributed by atoms with E-state index in [-0.39, 0.29) is 11.1 Å². The molecule has 1 saturated heterocycles. The van der Waals surface area contributed by atoms with Crippen LogP contribution in [-0.2, 0) is 4.74 Å². The number of hydrogen-bond acceptors (Lipinski definition) is 9. The molecule has 5 aromatic rings. The number of benzene rings is 1. The summed E-state index contributed by atoms with van der Waals surface area (Å²) in [5.41, 5.74) is 2.01. The minimum atomic E-state index is -1.63. The van der Waals surface area contributed by atoms with Gasteiger partial charge in [0.15, 0.2) is 6.23 Å². The molecule has 36 heavy (non-hydrogen) atoms. The molecular weight excluding hydrogens is 470 g/mol. The number of ether oxygens (including phenoxy) is 1. The van der Waals surface area contributed by atoms with E-state index in [9.17, 15) is 30.0 Å². The molecule has 12 heteroatoms. The van der Waals surface area contributed by atoms with Crippen molar-refractivity contribution in [1.29, 1.82) is 0 Å². The van der Waals surface area contributed by atoms with Crippen LogP contribution in [0.2, 0.25) is 0 Å². The van der Waals surface area contributed by atoms with Crippen molar-refractivity contribution < 1.29 is 34.8 Å². The van der Waals surface area contributed by atoms with Crippen LogP contribution in [-0.4, -0.2) is 82.8 Å². The fraction of sp³-hybridized carbons (Fsp3) is 0.250. The molecule has 2 aliphatic rings. The fourth-order valence-electron chi connectivity index (χ4n) is 5.57. The number of carbonyl (C=O) groups is 2. The molecule has 0 aliphatic carbocycles. The van der Waals surface area contributed by atoms with E-state index < -0.39 is 49.1 Å². The predicted octanol–water partition coefficient (Wildman–Crippen LogP) is 0.0750. The molecule has 5 atom stereocenters. The van der Waals surface area contributed by atoms with Crippen LogP contribution in [0.1, 0.15) is 26.9 Å². The molecule has 1 aromatic carbocycles. The highest BCUT2D eigenvalue weighted by Gasteiger charge is 2.46. The van der Waals surface area contributed by atoms with E-state index in [1.807, 2.05) is 0 Å². The third kappa shape index (κ3) is 2.54. The third-order valence-corrected chi connectivity index (χ3v) is 7.12. The average Bonchev–Trinajstić information content (AvgIpc) is 3.52. The number of rotatable bonds is 2. The van der Waals surface area contributed by atoms with Crippen LogP contribution in [0.5, 0.6) is 0 Å². The second kappa shape index (κ2) is 7.29. The first-order valence-electron chi connectivity index (χ1n) is 11.3. The molecule has 0 radical (unpaired) electrons. The lowest BCUT2D eigenvalue weighted by atomic mass is 9.96. The molecule has 0 saturated carbocycles. The fourth-order valence-corrected chi connectivity index (χ4v) is 5.57. The summed E-state index contributed by atoms with van der Waals surface area (Å²) in [7, 11) is 0. The number of nitrogens with one attached hydrogen (secondary N) is 2. The van der Waals surface area contributed by atoms with Gasteiger partial charge in [-0.2, -0.15) is 0 Å². The molecule has 7 rings (SSSR count). The molecule has 6 N–H and O–H groups in total. The van der Waals surface area contributed by atoms with Crippen molar-refractivity contribution in [2.45, 2.75) is 30.6 Å². The van der Waals surface area contributed by atoms with E-state index >= 15 is 0 Å². The smallest absolute Gasteiger partial charge is 0.259 e. The van der Waals surface area contributed by atoms with Gasteiger partial charge in [0, 0.05) is 33.9 Å². The largest absolute Gasteiger partial charge is 0.394 e. The minimum absolute atomic E-state index is 0.161. The number of hydrogen-bond donors (Lipinski definition) is 6. The predicted molar refractivity (Wildman–Crippen MR) is 125 cm³/mol. The van der Waals surface area contributed by atoms with Gasteiger partial charge in [-0.3, -0.25) is 19.5 Å². The number of aromatic amines is 1. The molecule has 0 spiro atoms. The molecule has 5 unspecified atom stereocenters. The second-order valence-electron chi connectivity index (χ2n) is 9.00. The molecule has 12 nitrogen and oxygen atoms in total. The Hall–Kier alpha value is -3.94. The number of aliphatic hydroxyl groups excluding tert-OH is 4. The Morgan fingerprint density at radius 1 is 0.917 bits per heavy atom. The number of amides is 2. The van der Waals surface area contributed by atoms with Gasteiger partial charge >= 0.3 is 0 Å². The van der Waals surface area contributed by atoms with Gasteiger partial charge in [0.05, 0.1) is 28.8 Å². The number of aromatic nitrogens is 4. The number of pyridine rings is 2. The van der Waals surface area contributed by atoms with Gasteiger partial charge in [-0.15, -0.1) is 0 Å². The van der Waals surface area contributed by atoms with E-state index in [0.29, 0.717) is 43.9 Å². The summed E-state index contributed by atoms with van der Waals surface area (Å²) in [6.45, 7) is -0.607. The third-order valence-electron chi connectivity index (χ3n) is 7.12. The standard InChI is InChI=1S/C24H19N5O7/c30-7-10-17(31)18(32)19(33)24(36-10)29-16-12(9-4-2-6-26-21(9)29)14-13(22(34)28-23(14)35)11-8-3-1-5-25-20(8)27-15(11)16/h1-6,10,17-19,24,30-33H,7H2,(H,25,27)(H,28,34,35). The van der Waals surface area contributed by atoms with Crippen molar-refractivity contribution in [3.63, 3.8) is 0 Å². The van der Waals surface area contributed by atoms with E-state index in [1.54, 1.807) is 30.5 Å². The van der Waals surface area contributed by atoms with Crippen molar-refractivity contribution in [2.24, 2.45) is 0 Å². The average molecular weight is 489 g/mol. The van der Waals surface area contributed by atoms with Crippen molar-refractivity contribution in [3.8, 4) is 0 Å². The Balaban J connectivity index is 1.70. The Kier molecular flexibility index (Phi) is 4.32. The normalized spacial score (nSPS) is 26.4. The summed E-state index contributed by atoms with van der Waals surface area (Å²) in [4.78, 5) is 38.2. The number of aliphatic hydroxyl groups is 4. The Bertz CT molecular complexity index is 1760. The summed E-state index contributed by atoms with van der Waals surface area (Å²) in [5, 5.41) is 46.0. The highest BCUT2D eigenvalue weighted by Crippen LogP contribution is 2.45. The van der Waals surface area contributed by atoms with Gasteiger partial charge in [0.2, 0.25) is 0 Å².